The number of benzene rings is 7. The summed E-state index contributed by atoms with van der Waals surface area (Å²) < 4.78 is 13.0. The minimum absolute atomic E-state index is 0.646. The molecule has 0 radical (unpaired) electrons. The highest BCUT2D eigenvalue weighted by Gasteiger charge is 2.19. The number of fused-ring (bicyclic) bond motifs is 7. The Morgan fingerprint density at radius 1 is 0.354 bits per heavy atom. The van der Waals surface area contributed by atoms with Crippen molar-refractivity contribution in [1.29, 1.82) is 0 Å². The highest BCUT2D eigenvalue weighted by molar-refractivity contribution is 6.14. The van der Waals surface area contributed by atoms with Crippen LogP contribution in [-0.4, -0.2) is 9.97 Å². The van der Waals surface area contributed by atoms with Gasteiger partial charge in [0.15, 0.2) is 5.82 Å². The summed E-state index contributed by atoms with van der Waals surface area (Å²) in [6.45, 7) is 0. The molecule has 3 heterocycles. The number of nitrogens with zero attached hydrogens (tertiary/aromatic N) is 2. The summed E-state index contributed by atoms with van der Waals surface area (Å²) in [5.41, 5.74) is 9.98. The molecule has 10 rings (SSSR count). The molecule has 0 N–H and O–H groups in total. The first-order chi connectivity index (χ1) is 23.7. The molecule has 10 aromatic rings. The van der Waals surface area contributed by atoms with Crippen LogP contribution in [0, 0.1) is 0 Å². The predicted octanol–water partition coefficient (Wildman–Crippen LogP) is 12.1. The van der Waals surface area contributed by atoms with Gasteiger partial charge in [-0.25, -0.2) is 9.97 Å². The van der Waals surface area contributed by atoms with Gasteiger partial charge in [-0.1, -0.05) is 109 Å². The highest BCUT2D eigenvalue weighted by Crippen LogP contribution is 2.42. The first-order valence-corrected chi connectivity index (χ1v) is 16.1. The summed E-state index contributed by atoms with van der Waals surface area (Å²) in [7, 11) is 0. The third-order valence-electron chi connectivity index (χ3n) is 9.25. The predicted molar refractivity (Wildman–Crippen MR) is 196 cm³/mol. The normalized spacial score (nSPS) is 11.8. The van der Waals surface area contributed by atoms with E-state index in [1.807, 2.05) is 54.6 Å². The molecule has 0 aliphatic carbocycles. The topological polar surface area (TPSA) is 52.1 Å². The SMILES string of the molecule is c1ccc(-c2cc(-c3cc(-c4ccc5c(c4)oc4ccccc45)nc(-c4ccccc4)n3)c3oc4cc5ccccc5cc4c3c2)cc1. The third kappa shape index (κ3) is 4.31. The Bertz CT molecular complexity index is 2830. The second kappa shape index (κ2) is 10.5. The number of rotatable bonds is 4. The molecule has 4 heteroatoms. The Morgan fingerprint density at radius 2 is 1.02 bits per heavy atom. The zero-order valence-electron chi connectivity index (χ0n) is 25.7. The Balaban J connectivity index is 1.26. The average Bonchev–Trinajstić information content (AvgIpc) is 3.71. The van der Waals surface area contributed by atoms with E-state index in [1.54, 1.807) is 0 Å². The van der Waals surface area contributed by atoms with Gasteiger partial charge in [0.1, 0.15) is 22.3 Å². The molecule has 0 aliphatic rings. The van der Waals surface area contributed by atoms with Crippen LogP contribution in [0.3, 0.4) is 0 Å². The van der Waals surface area contributed by atoms with E-state index >= 15 is 0 Å². The van der Waals surface area contributed by atoms with E-state index in [2.05, 4.69) is 103 Å². The number of aromatic nitrogens is 2. The molecule has 7 aromatic carbocycles. The lowest BCUT2D eigenvalue weighted by Gasteiger charge is -2.11. The van der Waals surface area contributed by atoms with E-state index in [0.717, 1.165) is 88.5 Å². The van der Waals surface area contributed by atoms with Crippen molar-refractivity contribution in [3.8, 4) is 45.0 Å². The molecule has 0 spiro atoms. The van der Waals surface area contributed by atoms with Gasteiger partial charge < -0.3 is 8.83 Å². The summed E-state index contributed by atoms with van der Waals surface area (Å²) in [6, 6.07) is 54.4. The van der Waals surface area contributed by atoms with Crippen molar-refractivity contribution in [2.24, 2.45) is 0 Å². The molecular weight excluding hydrogens is 588 g/mol. The fourth-order valence-corrected chi connectivity index (χ4v) is 6.89. The second-order valence-corrected chi connectivity index (χ2v) is 12.2. The molecule has 3 aromatic heterocycles. The van der Waals surface area contributed by atoms with Crippen LogP contribution in [0.4, 0.5) is 0 Å². The number of para-hydroxylation sites is 1. The smallest absolute Gasteiger partial charge is 0.160 e. The van der Waals surface area contributed by atoms with E-state index in [1.165, 1.54) is 5.39 Å². The minimum Gasteiger partial charge on any atom is -0.456 e. The Hall–Kier alpha value is -6.52. The van der Waals surface area contributed by atoms with Crippen LogP contribution < -0.4 is 0 Å². The Kier molecular flexibility index (Phi) is 5.84. The molecule has 0 amide bonds. The van der Waals surface area contributed by atoms with Crippen molar-refractivity contribution in [3.05, 3.63) is 158 Å². The van der Waals surface area contributed by atoms with E-state index < -0.39 is 0 Å². The van der Waals surface area contributed by atoms with Gasteiger partial charge in [-0.05, 0) is 70.4 Å². The summed E-state index contributed by atoms with van der Waals surface area (Å²) in [4.78, 5) is 10.3. The van der Waals surface area contributed by atoms with Crippen molar-refractivity contribution >= 4 is 54.6 Å². The Labute approximate surface area is 275 Å². The average molecular weight is 615 g/mol. The maximum Gasteiger partial charge on any atom is 0.160 e. The van der Waals surface area contributed by atoms with E-state index in [9.17, 15) is 0 Å². The monoisotopic (exact) mass is 614 g/mol. The van der Waals surface area contributed by atoms with Gasteiger partial charge in [-0.2, -0.15) is 0 Å². The zero-order chi connectivity index (χ0) is 31.6. The molecule has 0 unspecified atom stereocenters. The first-order valence-electron chi connectivity index (χ1n) is 16.1. The first kappa shape index (κ1) is 26.7. The van der Waals surface area contributed by atoms with E-state index in [0.29, 0.717) is 5.82 Å². The Morgan fingerprint density at radius 3 is 1.85 bits per heavy atom. The summed E-state index contributed by atoms with van der Waals surface area (Å²) >= 11 is 0. The van der Waals surface area contributed by atoms with Gasteiger partial charge in [0.05, 0.1) is 11.4 Å². The standard InChI is InChI=1S/C44H26N2O2/c1-3-11-27(12-4-1)32-22-36-35-21-29-15-7-8-16-30(29)24-42(35)48-43(36)37(23-32)39-26-38(45-44(46-39)28-13-5-2-6-14-28)31-19-20-34-33-17-9-10-18-40(33)47-41(34)25-31/h1-26H. The van der Waals surface area contributed by atoms with E-state index in [4.69, 9.17) is 18.8 Å². The quantitative estimate of drug-likeness (QED) is 0.198. The maximum atomic E-state index is 6.74. The molecule has 0 bridgehead atoms. The van der Waals surface area contributed by atoms with Gasteiger partial charge in [0.25, 0.3) is 0 Å². The molecule has 0 fully saturated rings. The fraction of sp³-hybridized carbons (Fsp3) is 0. The molecular formula is C44H26N2O2. The van der Waals surface area contributed by atoms with Crippen LogP contribution in [0.2, 0.25) is 0 Å². The second-order valence-electron chi connectivity index (χ2n) is 12.2. The van der Waals surface area contributed by atoms with Crippen LogP contribution in [0.1, 0.15) is 0 Å². The van der Waals surface area contributed by atoms with Crippen LogP contribution in [0.5, 0.6) is 0 Å². The van der Waals surface area contributed by atoms with Gasteiger partial charge >= 0.3 is 0 Å². The summed E-state index contributed by atoms with van der Waals surface area (Å²) in [5.74, 6) is 0.646. The van der Waals surface area contributed by atoms with Crippen LogP contribution in [-0.2, 0) is 0 Å². The van der Waals surface area contributed by atoms with Crippen molar-refractivity contribution in [2.45, 2.75) is 0 Å². The minimum atomic E-state index is 0.646. The van der Waals surface area contributed by atoms with Crippen molar-refractivity contribution in [1.82, 2.24) is 9.97 Å². The van der Waals surface area contributed by atoms with Gasteiger partial charge in [-0.3, -0.25) is 0 Å². The lowest BCUT2D eigenvalue weighted by molar-refractivity contribution is 0.669. The van der Waals surface area contributed by atoms with Crippen LogP contribution in [0.25, 0.3) is 99.7 Å². The maximum absolute atomic E-state index is 6.74. The molecule has 0 aliphatic heterocycles. The number of hydrogen-bond donors (Lipinski definition) is 0. The lowest BCUT2D eigenvalue weighted by Crippen LogP contribution is -1.96. The molecule has 0 saturated heterocycles. The van der Waals surface area contributed by atoms with Crippen molar-refractivity contribution in [3.63, 3.8) is 0 Å². The van der Waals surface area contributed by atoms with Crippen LogP contribution in [0.15, 0.2) is 167 Å². The summed E-state index contributed by atoms with van der Waals surface area (Å²) in [5, 5.41) is 6.64. The fourth-order valence-electron chi connectivity index (χ4n) is 6.89. The molecule has 0 atom stereocenters. The molecule has 4 nitrogen and oxygen atoms in total. The van der Waals surface area contributed by atoms with Crippen molar-refractivity contribution < 1.29 is 8.83 Å². The highest BCUT2D eigenvalue weighted by atomic mass is 16.3. The van der Waals surface area contributed by atoms with Gasteiger partial charge in [0, 0.05) is 38.2 Å². The number of furan rings is 2. The van der Waals surface area contributed by atoms with Gasteiger partial charge in [-0.15, -0.1) is 0 Å². The van der Waals surface area contributed by atoms with Crippen molar-refractivity contribution in [2.75, 3.05) is 0 Å². The molecule has 48 heavy (non-hydrogen) atoms. The third-order valence-corrected chi connectivity index (χ3v) is 9.25. The molecule has 224 valence electrons. The van der Waals surface area contributed by atoms with Gasteiger partial charge in [0.2, 0.25) is 0 Å². The lowest BCUT2D eigenvalue weighted by atomic mass is 9.96. The summed E-state index contributed by atoms with van der Waals surface area (Å²) in [6.07, 6.45) is 0. The molecule has 0 saturated carbocycles. The van der Waals surface area contributed by atoms with Crippen LogP contribution >= 0.6 is 0 Å². The largest absolute Gasteiger partial charge is 0.456 e. The zero-order valence-corrected chi connectivity index (χ0v) is 25.7. The van der Waals surface area contributed by atoms with E-state index in [-0.39, 0.29) is 0 Å². The number of hydrogen-bond acceptors (Lipinski definition) is 4.